The largest absolute Gasteiger partial charge is 0.353 e. The molecule has 2 aliphatic heterocycles. The molecule has 3 nitrogen and oxygen atoms in total. The molecule has 0 aromatic rings. The van der Waals surface area contributed by atoms with E-state index in [-0.39, 0.29) is 0 Å². The minimum atomic E-state index is 0.317. The molecule has 2 heterocycles. The van der Waals surface area contributed by atoms with Crippen molar-refractivity contribution in [3.05, 3.63) is 0 Å². The van der Waals surface area contributed by atoms with E-state index < -0.39 is 0 Å². The van der Waals surface area contributed by atoms with Crippen LogP contribution in [0.25, 0.3) is 0 Å². The molecule has 2 N–H and O–H groups in total. The summed E-state index contributed by atoms with van der Waals surface area (Å²) in [5, 5.41) is 7.06. The first-order valence-electron chi connectivity index (χ1n) is 9.34. The normalized spacial score (nSPS) is 45.9. The first-order chi connectivity index (χ1) is 10.3. The van der Waals surface area contributed by atoms with Gasteiger partial charge in [0.1, 0.15) is 0 Å². The quantitative estimate of drug-likeness (QED) is 0.821. The summed E-state index contributed by atoms with van der Waals surface area (Å²) in [6, 6.07) is 1.78. The van der Waals surface area contributed by atoms with Crippen molar-refractivity contribution in [2.24, 2.45) is 17.8 Å². The second-order valence-corrected chi connectivity index (χ2v) is 8.13. The SMILES string of the molecule is O=C(NC1CC2CCC(C1)N2)C1CCC2CCCCC2C1. The number of carbonyl (C=O) groups excluding carboxylic acids is 1. The van der Waals surface area contributed by atoms with Gasteiger partial charge in [0, 0.05) is 24.0 Å². The average Bonchev–Trinajstić information content (AvgIpc) is 2.85. The zero-order valence-electron chi connectivity index (χ0n) is 13.2. The molecule has 2 saturated heterocycles. The van der Waals surface area contributed by atoms with Gasteiger partial charge < -0.3 is 10.6 Å². The molecule has 2 aliphatic carbocycles. The van der Waals surface area contributed by atoms with Crippen LogP contribution in [0.1, 0.15) is 70.6 Å². The smallest absolute Gasteiger partial charge is 0.223 e. The molecule has 5 unspecified atom stereocenters. The minimum Gasteiger partial charge on any atom is -0.353 e. The average molecular weight is 290 g/mol. The van der Waals surface area contributed by atoms with E-state index in [1.807, 2.05) is 0 Å². The Hall–Kier alpha value is -0.570. The molecule has 4 rings (SSSR count). The van der Waals surface area contributed by atoms with Gasteiger partial charge in [0.05, 0.1) is 0 Å². The third-order valence-electron chi connectivity index (χ3n) is 6.73. The fourth-order valence-electron chi connectivity index (χ4n) is 5.61. The van der Waals surface area contributed by atoms with E-state index in [9.17, 15) is 4.79 Å². The Morgan fingerprint density at radius 2 is 1.52 bits per heavy atom. The lowest BCUT2D eigenvalue weighted by Gasteiger charge is -2.39. The lowest BCUT2D eigenvalue weighted by Crippen LogP contribution is -2.50. The van der Waals surface area contributed by atoms with Crippen molar-refractivity contribution >= 4 is 5.91 Å². The Kier molecular flexibility index (Phi) is 3.95. The van der Waals surface area contributed by atoms with Crippen LogP contribution in [0.5, 0.6) is 0 Å². The molecule has 0 radical (unpaired) electrons. The lowest BCUT2D eigenvalue weighted by molar-refractivity contribution is -0.128. The van der Waals surface area contributed by atoms with E-state index in [0.29, 0.717) is 30.0 Å². The maximum atomic E-state index is 12.6. The summed E-state index contributed by atoms with van der Waals surface area (Å²) in [4.78, 5) is 12.6. The van der Waals surface area contributed by atoms with Crippen LogP contribution in [0.2, 0.25) is 0 Å². The van der Waals surface area contributed by atoms with Gasteiger partial charge in [0.25, 0.3) is 0 Å². The van der Waals surface area contributed by atoms with Crippen LogP contribution < -0.4 is 10.6 Å². The predicted molar refractivity (Wildman–Crippen MR) is 83.9 cm³/mol. The maximum Gasteiger partial charge on any atom is 0.223 e. The Labute approximate surface area is 128 Å². The summed E-state index contributed by atoms with van der Waals surface area (Å²) >= 11 is 0. The molecule has 5 atom stereocenters. The minimum absolute atomic E-state index is 0.317. The standard InChI is InChI=1S/C18H30N2O/c21-18(20-17-10-15-7-8-16(11-17)19-15)14-6-5-12-3-1-2-4-13(12)9-14/h12-17,19H,1-11H2,(H,20,21). The maximum absolute atomic E-state index is 12.6. The van der Waals surface area contributed by atoms with Gasteiger partial charge >= 0.3 is 0 Å². The highest BCUT2D eigenvalue weighted by molar-refractivity contribution is 5.79. The van der Waals surface area contributed by atoms with Gasteiger partial charge in [0.2, 0.25) is 5.91 Å². The highest BCUT2D eigenvalue weighted by Gasteiger charge is 2.38. The van der Waals surface area contributed by atoms with Gasteiger partial charge in [0.15, 0.2) is 0 Å². The molecule has 4 aliphatic rings. The zero-order valence-corrected chi connectivity index (χ0v) is 13.2. The predicted octanol–water partition coefficient (Wildman–Crippen LogP) is 2.99. The van der Waals surface area contributed by atoms with E-state index in [4.69, 9.17) is 0 Å². The molecule has 2 saturated carbocycles. The van der Waals surface area contributed by atoms with Crippen molar-refractivity contribution in [3.8, 4) is 0 Å². The van der Waals surface area contributed by atoms with Crippen molar-refractivity contribution < 1.29 is 4.79 Å². The first-order valence-corrected chi connectivity index (χ1v) is 9.34. The van der Waals surface area contributed by atoms with Crippen LogP contribution in [0.3, 0.4) is 0 Å². The lowest BCUT2D eigenvalue weighted by atomic mass is 9.67. The van der Waals surface area contributed by atoms with E-state index in [2.05, 4.69) is 10.6 Å². The van der Waals surface area contributed by atoms with Gasteiger partial charge in [-0.15, -0.1) is 0 Å². The van der Waals surface area contributed by atoms with Crippen LogP contribution in [0.4, 0.5) is 0 Å². The Morgan fingerprint density at radius 1 is 0.810 bits per heavy atom. The highest BCUT2D eigenvalue weighted by atomic mass is 16.1. The second kappa shape index (κ2) is 5.91. The van der Waals surface area contributed by atoms with Gasteiger partial charge in [-0.1, -0.05) is 25.7 Å². The number of nitrogens with one attached hydrogen (secondary N) is 2. The van der Waals surface area contributed by atoms with Crippen LogP contribution >= 0.6 is 0 Å². The third kappa shape index (κ3) is 2.99. The fraction of sp³-hybridized carbons (Fsp3) is 0.944. The monoisotopic (exact) mass is 290 g/mol. The summed E-state index contributed by atoms with van der Waals surface area (Å²) in [5.41, 5.74) is 0. The molecule has 4 fully saturated rings. The second-order valence-electron chi connectivity index (χ2n) is 8.13. The van der Waals surface area contributed by atoms with Gasteiger partial charge in [-0.2, -0.15) is 0 Å². The summed E-state index contributed by atoms with van der Waals surface area (Å²) in [7, 11) is 0. The van der Waals surface area contributed by atoms with Crippen LogP contribution in [0.15, 0.2) is 0 Å². The molecule has 3 heteroatoms. The van der Waals surface area contributed by atoms with Crippen molar-refractivity contribution in [2.45, 2.75) is 88.8 Å². The molecule has 21 heavy (non-hydrogen) atoms. The van der Waals surface area contributed by atoms with Crippen molar-refractivity contribution in [3.63, 3.8) is 0 Å². The van der Waals surface area contributed by atoms with E-state index in [1.165, 1.54) is 51.4 Å². The molecule has 118 valence electrons. The fourth-order valence-corrected chi connectivity index (χ4v) is 5.61. The molecular weight excluding hydrogens is 260 g/mol. The summed E-state index contributed by atoms with van der Waals surface area (Å²) in [6.45, 7) is 0. The first kappa shape index (κ1) is 14.0. The molecule has 2 bridgehead atoms. The highest BCUT2D eigenvalue weighted by Crippen LogP contribution is 2.42. The molecular formula is C18H30N2O. The summed E-state index contributed by atoms with van der Waals surface area (Å²) in [6.07, 6.45) is 14.2. The van der Waals surface area contributed by atoms with Crippen LogP contribution in [-0.4, -0.2) is 24.0 Å². The van der Waals surface area contributed by atoms with Gasteiger partial charge in [-0.05, 0) is 56.8 Å². The Morgan fingerprint density at radius 3 is 2.29 bits per heavy atom. The van der Waals surface area contributed by atoms with Crippen LogP contribution in [-0.2, 0) is 4.79 Å². The van der Waals surface area contributed by atoms with Crippen LogP contribution in [0, 0.1) is 17.8 Å². The van der Waals surface area contributed by atoms with Gasteiger partial charge in [-0.3, -0.25) is 4.79 Å². The summed E-state index contributed by atoms with van der Waals surface area (Å²) in [5.74, 6) is 2.49. The van der Waals surface area contributed by atoms with E-state index in [1.54, 1.807) is 0 Å². The number of amides is 1. The zero-order chi connectivity index (χ0) is 14.2. The number of rotatable bonds is 2. The van der Waals surface area contributed by atoms with E-state index >= 15 is 0 Å². The van der Waals surface area contributed by atoms with Crippen molar-refractivity contribution in [1.82, 2.24) is 10.6 Å². The summed E-state index contributed by atoms with van der Waals surface area (Å²) < 4.78 is 0. The van der Waals surface area contributed by atoms with E-state index in [0.717, 1.165) is 31.1 Å². The number of piperidine rings is 1. The van der Waals surface area contributed by atoms with Gasteiger partial charge in [-0.25, -0.2) is 0 Å². The Bertz CT molecular complexity index is 385. The van der Waals surface area contributed by atoms with Crippen molar-refractivity contribution in [1.29, 1.82) is 0 Å². The molecule has 0 spiro atoms. The number of carbonyl (C=O) groups is 1. The topological polar surface area (TPSA) is 41.1 Å². The third-order valence-corrected chi connectivity index (χ3v) is 6.73. The Balaban J connectivity index is 1.31. The number of hydrogen-bond acceptors (Lipinski definition) is 2. The molecule has 0 aromatic carbocycles. The molecule has 0 aromatic heterocycles. The molecule has 1 amide bonds. The number of fused-ring (bicyclic) bond motifs is 3. The number of hydrogen-bond donors (Lipinski definition) is 2. The van der Waals surface area contributed by atoms with Crippen molar-refractivity contribution in [2.75, 3.05) is 0 Å².